The third kappa shape index (κ3) is 11.7. The van der Waals surface area contributed by atoms with E-state index >= 15 is 0 Å². The lowest BCUT2D eigenvalue weighted by atomic mass is 10.1. The Bertz CT molecular complexity index is 1640. The minimum atomic E-state index is -4.54. The van der Waals surface area contributed by atoms with Gasteiger partial charge in [0.15, 0.2) is 0 Å². The molecular formula is C34H52N2O14SSi2. The van der Waals surface area contributed by atoms with E-state index in [4.69, 9.17) is 26.6 Å². The van der Waals surface area contributed by atoms with E-state index in [0.29, 0.717) is 38.7 Å². The van der Waals surface area contributed by atoms with E-state index in [-0.39, 0.29) is 37.5 Å². The maximum atomic E-state index is 13.7. The highest BCUT2D eigenvalue weighted by molar-refractivity contribution is 7.91. The molecule has 2 amide bonds. The molecule has 2 aromatic carbocycles. The zero-order chi connectivity index (χ0) is 39.8. The fourth-order valence-corrected chi connectivity index (χ4v) is 12.4. The van der Waals surface area contributed by atoms with Crippen LogP contribution in [0.25, 0.3) is 0 Å². The first-order valence-electron chi connectivity index (χ1n) is 17.6. The number of hydrogen-bond donors (Lipinski definition) is 4. The molecule has 296 valence electrons. The molecule has 1 atom stereocenters. The predicted octanol–water partition coefficient (Wildman–Crippen LogP) is 4.18. The summed E-state index contributed by atoms with van der Waals surface area (Å²) in [6.45, 7) is 14.5. The normalized spacial score (nSPS) is 12.7. The summed E-state index contributed by atoms with van der Waals surface area (Å²) in [6, 6.07) is 6.29. The molecule has 0 aliphatic rings. The van der Waals surface area contributed by atoms with Gasteiger partial charge in [0.25, 0.3) is 11.8 Å². The summed E-state index contributed by atoms with van der Waals surface area (Å²) >= 11 is 0. The number of aromatic carboxylic acids is 2. The molecule has 2 aromatic rings. The van der Waals surface area contributed by atoms with Gasteiger partial charge in [-0.3, -0.25) is 9.59 Å². The van der Waals surface area contributed by atoms with Crippen molar-refractivity contribution in [2.24, 2.45) is 0 Å². The zero-order valence-corrected chi connectivity index (χ0v) is 34.1. The second-order valence-corrected chi connectivity index (χ2v) is 18.7. The SMILES string of the molecule is CCO[Si](CCCNC(=O)c1ccc(S(=O)(=O)c2ccc(C(=O)NC(CC)[Si](OCC)(OCC)OCC)c(C(=O)O)c2)cc1C(=O)O)(OCC)OCC. The van der Waals surface area contributed by atoms with Crippen LogP contribution < -0.4 is 10.6 Å². The van der Waals surface area contributed by atoms with Gasteiger partial charge in [-0.2, -0.15) is 0 Å². The van der Waals surface area contributed by atoms with Crippen molar-refractivity contribution in [1.29, 1.82) is 0 Å². The first kappa shape index (κ1) is 45.6. The average molecular weight is 801 g/mol. The second-order valence-electron chi connectivity index (χ2n) is 11.2. The van der Waals surface area contributed by atoms with Gasteiger partial charge in [0, 0.05) is 52.2 Å². The molecule has 0 heterocycles. The van der Waals surface area contributed by atoms with Crippen LogP contribution in [0.3, 0.4) is 0 Å². The van der Waals surface area contributed by atoms with Gasteiger partial charge in [-0.25, -0.2) is 18.0 Å². The van der Waals surface area contributed by atoms with Crippen LogP contribution in [-0.2, 0) is 36.4 Å². The minimum Gasteiger partial charge on any atom is -0.478 e. The Kier molecular flexibility index (Phi) is 18.4. The molecule has 0 saturated carbocycles. The van der Waals surface area contributed by atoms with Gasteiger partial charge in [-0.15, -0.1) is 0 Å². The minimum absolute atomic E-state index is 0.128. The van der Waals surface area contributed by atoms with E-state index in [0.717, 1.165) is 36.4 Å². The zero-order valence-electron chi connectivity index (χ0n) is 31.3. The van der Waals surface area contributed by atoms with Crippen LogP contribution in [-0.4, -0.2) is 112 Å². The number of carboxylic acid groups (broad SMARTS) is 2. The highest BCUT2D eigenvalue weighted by atomic mass is 32.2. The van der Waals surface area contributed by atoms with Gasteiger partial charge in [0.2, 0.25) is 9.84 Å². The maximum absolute atomic E-state index is 13.7. The van der Waals surface area contributed by atoms with E-state index in [1.54, 1.807) is 27.7 Å². The van der Waals surface area contributed by atoms with Gasteiger partial charge in [-0.05, 0) is 90.8 Å². The number of benzene rings is 2. The summed E-state index contributed by atoms with van der Waals surface area (Å²) in [7, 11) is -11.0. The fourth-order valence-electron chi connectivity index (χ4n) is 5.58. The molecule has 0 aliphatic carbocycles. The summed E-state index contributed by atoms with van der Waals surface area (Å²) in [4.78, 5) is 50.1. The quantitative estimate of drug-likeness (QED) is 0.0818. The monoisotopic (exact) mass is 800 g/mol. The summed E-state index contributed by atoms with van der Waals surface area (Å²) in [5.74, 6) is -4.71. The summed E-state index contributed by atoms with van der Waals surface area (Å²) in [5.41, 5.74) is -2.57. The number of carboxylic acids is 2. The number of amides is 2. The lowest BCUT2D eigenvalue weighted by Crippen LogP contribution is -2.62. The molecule has 0 radical (unpaired) electrons. The van der Waals surface area contributed by atoms with Crippen molar-refractivity contribution in [3.8, 4) is 0 Å². The predicted molar refractivity (Wildman–Crippen MR) is 197 cm³/mol. The van der Waals surface area contributed by atoms with Crippen molar-refractivity contribution in [2.45, 2.75) is 82.8 Å². The number of carbonyl (C=O) groups excluding carboxylic acids is 2. The van der Waals surface area contributed by atoms with Crippen LogP contribution in [0, 0.1) is 0 Å². The van der Waals surface area contributed by atoms with Crippen LogP contribution in [0.5, 0.6) is 0 Å². The van der Waals surface area contributed by atoms with Crippen molar-refractivity contribution < 1.29 is 64.4 Å². The van der Waals surface area contributed by atoms with Crippen LogP contribution in [0.2, 0.25) is 6.04 Å². The number of nitrogens with one attached hydrogen (secondary N) is 2. The molecule has 19 heteroatoms. The molecule has 53 heavy (non-hydrogen) atoms. The third-order valence-electron chi connectivity index (χ3n) is 7.77. The van der Waals surface area contributed by atoms with Crippen molar-refractivity contribution >= 4 is 51.2 Å². The Morgan fingerprint density at radius 3 is 1.43 bits per heavy atom. The van der Waals surface area contributed by atoms with Gasteiger partial charge in [0.05, 0.1) is 37.7 Å². The van der Waals surface area contributed by atoms with Gasteiger partial charge >= 0.3 is 29.5 Å². The van der Waals surface area contributed by atoms with Crippen LogP contribution in [0.1, 0.15) is 103 Å². The third-order valence-corrected chi connectivity index (χ3v) is 16.1. The molecule has 4 N–H and O–H groups in total. The van der Waals surface area contributed by atoms with Gasteiger partial charge in [0.1, 0.15) is 0 Å². The van der Waals surface area contributed by atoms with E-state index in [1.165, 1.54) is 0 Å². The topological polar surface area (TPSA) is 222 Å². The molecule has 1 unspecified atom stereocenters. The smallest absolute Gasteiger partial charge is 0.478 e. The Morgan fingerprint density at radius 1 is 0.642 bits per heavy atom. The highest BCUT2D eigenvalue weighted by Gasteiger charge is 2.49. The molecule has 0 bridgehead atoms. The van der Waals surface area contributed by atoms with Crippen molar-refractivity contribution in [3.63, 3.8) is 0 Å². The molecule has 0 saturated heterocycles. The maximum Gasteiger partial charge on any atom is 0.524 e. The summed E-state index contributed by atoms with van der Waals surface area (Å²) in [6.07, 6.45) is 0.727. The molecule has 0 aliphatic heterocycles. The fraction of sp³-hybridized carbons (Fsp3) is 0.529. The Morgan fingerprint density at radius 2 is 1.06 bits per heavy atom. The standard InChI is InChI=1S/C34H52N2O14SSi2/c1-8-30(53(48-12-5,49-13-6)50-14-7)36-32(38)27-19-17-25(23-29(27)34(41)42)51(43,44)24-16-18-26(28(22-24)33(39)40)31(37)35-20-15-21-52(45-9-2,46-10-3)47-11-4/h16-19,22-23,30H,8-15,20-21H2,1-7H3,(H,35,37)(H,36,38)(H,39,40)(H,41,42). The first-order chi connectivity index (χ1) is 25.2. The largest absolute Gasteiger partial charge is 0.524 e. The molecule has 0 fully saturated rings. The lowest BCUT2D eigenvalue weighted by Gasteiger charge is -2.35. The molecule has 16 nitrogen and oxygen atoms in total. The molecular weight excluding hydrogens is 749 g/mol. The van der Waals surface area contributed by atoms with Crippen molar-refractivity contribution in [2.75, 3.05) is 46.2 Å². The average Bonchev–Trinajstić information content (AvgIpc) is 3.12. The number of carbonyl (C=O) groups is 4. The van der Waals surface area contributed by atoms with Gasteiger partial charge < -0.3 is 47.4 Å². The van der Waals surface area contributed by atoms with Gasteiger partial charge in [-0.1, -0.05) is 6.92 Å². The van der Waals surface area contributed by atoms with E-state index < -0.39 is 77.8 Å². The van der Waals surface area contributed by atoms with Crippen molar-refractivity contribution in [3.05, 3.63) is 58.7 Å². The molecule has 2 rings (SSSR count). The Hall–Kier alpha value is -3.54. The number of rotatable bonds is 25. The second kappa shape index (κ2) is 21.4. The number of hydrogen-bond acceptors (Lipinski definition) is 12. The van der Waals surface area contributed by atoms with Crippen LogP contribution in [0.4, 0.5) is 0 Å². The highest BCUT2D eigenvalue weighted by Crippen LogP contribution is 2.27. The molecule has 0 aromatic heterocycles. The van der Waals surface area contributed by atoms with E-state index in [2.05, 4.69) is 10.6 Å². The van der Waals surface area contributed by atoms with E-state index in [9.17, 15) is 37.8 Å². The number of sulfone groups is 1. The van der Waals surface area contributed by atoms with Crippen molar-refractivity contribution in [1.82, 2.24) is 10.6 Å². The Labute approximate surface area is 313 Å². The summed E-state index contributed by atoms with van der Waals surface area (Å²) < 4.78 is 62.6. The summed E-state index contributed by atoms with van der Waals surface area (Å²) in [5, 5.41) is 25.4. The van der Waals surface area contributed by atoms with Crippen LogP contribution >= 0.6 is 0 Å². The first-order valence-corrected chi connectivity index (χ1v) is 22.8. The lowest BCUT2D eigenvalue weighted by molar-refractivity contribution is 0.0546. The van der Waals surface area contributed by atoms with E-state index in [1.807, 2.05) is 20.8 Å². The Balaban J connectivity index is 2.40. The van der Waals surface area contributed by atoms with Crippen LogP contribution in [0.15, 0.2) is 46.2 Å². The molecule has 0 spiro atoms.